The van der Waals surface area contributed by atoms with Crippen molar-refractivity contribution < 1.29 is 9.13 Å². The van der Waals surface area contributed by atoms with E-state index in [4.69, 9.17) is 4.74 Å². The second-order valence-electron chi connectivity index (χ2n) is 6.39. The third-order valence-electron chi connectivity index (χ3n) is 4.24. The molecule has 0 aliphatic carbocycles. The van der Waals surface area contributed by atoms with Crippen LogP contribution in [0.2, 0.25) is 0 Å². The molecule has 8 heteroatoms. The van der Waals surface area contributed by atoms with Gasteiger partial charge in [0.05, 0.1) is 12.6 Å². The average Bonchev–Trinajstić information content (AvgIpc) is 3.01. The quantitative estimate of drug-likeness (QED) is 0.631. The lowest BCUT2D eigenvalue weighted by Crippen LogP contribution is -2.44. The van der Waals surface area contributed by atoms with Crippen molar-refractivity contribution in [2.75, 3.05) is 13.6 Å². The van der Waals surface area contributed by atoms with Gasteiger partial charge >= 0.3 is 0 Å². The second-order valence-corrected chi connectivity index (χ2v) is 6.39. The zero-order valence-electron chi connectivity index (χ0n) is 15.4. The molecule has 0 saturated carbocycles. The molecule has 0 amide bonds. The number of hydrogen-bond acceptors (Lipinski definition) is 4. The van der Waals surface area contributed by atoms with Crippen molar-refractivity contribution in [1.29, 1.82) is 0 Å². The first kappa shape index (κ1) is 18.2. The zero-order chi connectivity index (χ0) is 18.5. The minimum Gasteiger partial charge on any atom is -0.486 e. The largest absolute Gasteiger partial charge is 0.486 e. The van der Waals surface area contributed by atoms with Gasteiger partial charge in [0, 0.05) is 13.6 Å². The molecule has 26 heavy (non-hydrogen) atoms. The van der Waals surface area contributed by atoms with Crippen LogP contribution in [-0.4, -0.2) is 40.4 Å². The van der Waals surface area contributed by atoms with Crippen LogP contribution in [0.15, 0.2) is 29.3 Å². The van der Waals surface area contributed by atoms with E-state index >= 15 is 0 Å². The molecular formula is C18H25FN6O. The van der Waals surface area contributed by atoms with Crippen LogP contribution < -0.4 is 15.4 Å². The Balaban J connectivity index is 1.55. The van der Waals surface area contributed by atoms with Gasteiger partial charge in [-0.3, -0.25) is 4.99 Å². The second kappa shape index (κ2) is 8.16. The standard InChI is InChI=1S/C18H25FN6O/c1-12(26-16-9-5-4-7-14(16)19)11-21-18(20-3)23-15-8-6-10-25-17(15)22-13(2)24-25/h4-5,7,9,12,15H,6,8,10-11H2,1-3H3,(H2,20,21,23). The number of aromatic nitrogens is 3. The molecule has 0 fully saturated rings. The van der Waals surface area contributed by atoms with Gasteiger partial charge in [-0.25, -0.2) is 14.1 Å². The summed E-state index contributed by atoms with van der Waals surface area (Å²) in [6, 6.07) is 6.47. The van der Waals surface area contributed by atoms with Gasteiger partial charge < -0.3 is 15.4 Å². The zero-order valence-corrected chi connectivity index (χ0v) is 15.4. The molecule has 1 aliphatic heterocycles. The maximum atomic E-state index is 13.7. The number of nitrogens with zero attached hydrogens (tertiary/aromatic N) is 4. The summed E-state index contributed by atoms with van der Waals surface area (Å²) in [5, 5.41) is 11.0. The highest BCUT2D eigenvalue weighted by Crippen LogP contribution is 2.22. The molecule has 3 rings (SSSR count). The highest BCUT2D eigenvalue weighted by Gasteiger charge is 2.24. The van der Waals surface area contributed by atoms with E-state index in [-0.39, 0.29) is 23.7 Å². The summed E-state index contributed by atoms with van der Waals surface area (Å²) < 4.78 is 21.3. The van der Waals surface area contributed by atoms with Crippen molar-refractivity contribution >= 4 is 5.96 Å². The first-order chi connectivity index (χ1) is 12.6. The Bertz CT molecular complexity index is 775. The van der Waals surface area contributed by atoms with Crippen LogP contribution >= 0.6 is 0 Å². The maximum Gasteiger partial charge on any atom is 0.191 e. The molecule has 2 unspecified atom stereocenters. The highest BCUT2D eigenvalue weighted by molar-refractivity contribution is 5.80. The fourth-order valence-corrected chi connectivity index (χ4v) is 3.00. The van der Waals surface area contributed by atoms with Crippen molar-refractivity contribution in [2.45, 2.75) is 45.4 Å². The number of para-hydroxylation sites is 1. The molecule has 1 aromatic heterocycles. The third-order valence-corrected chi connectivity index (χ3v) is 4.24. The molecule has 0 spiro atoms. The monoisotopic (exact) mass is 360 g/mol. The van der Waals surface area contributed by atoms with Gasteiger partial charge in [-0.05, 0) is 38.8 Å². The van der Waals surface area contributed by atoms with Gasteiger partial charge in [-0.1, -0.05) is 12.1 Å². The molecule has 1 aromatic carbocycles. The van der Waals surface area contributed by atoms with Crippen molar-refractivity contribution in [1.82, 2.24) is 25.4 Å². The summed E-state index contributed by atoms with van der Waals surface area (Å²) in [6.07, 6.45) is 1.79. The molecule has 2 atom stereocenters. The SMILES string of the molecule is CN=C(NCC(C)Oc1ccccc1F)NC1CCCn2nc(C)nc21. The van der Waals surface area contributed by atoms with Gasteiger partial charge in [0.15, 0.2) is 17.5 Å². The maximum absolute atomic E-state index is 13.7. The van der Waals surface area contributed by atoms with Gasteiger partial charge in [0.1, 0.15) is 17.8 Å². The summed E-state index contributed by atoms with van der Waals surface area (Å²) in [6.45, 7) is 5.17. The van der Waals surface area contributed by atoms with Crippen LogP contribution in [0.25, 0.3) is 0 Å². The average molecular weight is 360 g/mol. The predicted molar refractivity (Wildman–Crippen MR) is 97.7 cm³/mol. The van der Waals surface area contributed by atoms with Crippen LogP contribution in [0.5, 0.6) is 5.75 Å². The van der Waals surface area contributed by atoms with E-state index in [9.17, 15) is 4.39 Å². The number of rotatable bonds is 5. The van der Waals surface area contributed by atoms with Crippen molar-refractivity contribution in [3.63, 3.8) is 0 Å². The van der Waals surface area contributed by atoms with E-state index in [0.717, 1.165) is 31.0 Å². The van der Waals surface area contributed by atoms with Crippen LogP contribution in [-0.2, 0) is 6.54 Å². The fraction of sp³-hybridized carbons (Fsp3) is 0.500. The molecule has 7 nitrogen and oxygen atoms in total. The van der Waals surface area contributed by atoms with E-state index in [1.807, 2.05) is 18.5 Å². The van der Waals surface area contributed by atoms with E-state index in [2.05, 4.69) is 25.7 Å². The lowest BCUT2D eigenvalue weighted by molar-refractivity contribution is 0.213. The van der Waals surface area contributed by atoms with E-state index in [1.54, 1.807) is 25.2 Å². The number of fused-ring (bicyclic) bond motifs is 1. The smallest absolute Gasteiger partial charge is 0.191 e. The van der Waals surface area contributed by atoms with Crippen molar-refractivity contribution in [2.24, 2.45) is 4.99 Å². The summed E-state index contributed by atoms with van der Waals surface area (Å²) in [4.78, 5) is 8.79. The van der Waals surface area contributed by atoms with Gasteiger partial charge in [-0.2, -0.15) is 5.10 Å². The molecular weight excluding hydrogens is 335 g/mol. The molecule has 0 bridgehead atoms. The molecule has 140 valence electrons. The normalized spacial score (nSPS) is 18.2. The van der Waals surface area contributed by atoms with Crippen LogP contribution in [0, 0.1) is 12.7 Å². The minimum atomic E-state index is -0.362. The van der Waals surface area contributed by atoms with Gasteiger partial charge in [0.25, 0.3) is 0 Å². The lowest BCUT2D eigenvalue weighted by Gasteiger charge is -2.25. The first-order valence-corrected chi connectivity index (χ1v) is 8.86. The number of ether oxygens (including phenoxy) is 1. The summed E-state index contributed by atoms with van der Waals surface area (Å²) >= 11 is 0. The fourth-order valence-electron chi connectivity index (χ4n) is 3.00. The lowest BCUT2D eigenvalue weighted by atomic mass is 10.1. The van der Waals surface area contributed by atoms with Crippen LogP contribution in [0.4, 0.5) is 4.39 Å². The van der Waals surface area contributed by atoms with E-state index in [1.165, 1.54) is 6.07 Å². The Kier molecular flexibility index (Phi) is 5.70. The van der Waals surface area contributed by atoms with E-state index < -0.39 is 0 Å². The van der Waals surface area contributed by atoms with Crippen molar-refractivity contribution in [3.05, 3.63) is 41.7 Å². The number of guanidine groups is 1. The number of aryl methyl sites for hydroxylation is 2. The summed E-state index contributed by atoms with van der Waals surface area (Å²) in [7, 11) is 1.72. The molecule has 2 heterocycles. The molecule has 0 radical (unpaired) electrons. The summed E-state index contributed by atoms with van der Waals surface area (Å²) in [5.41, 5.74) is 0. The van der Waals surface area contributed by atoms with Crippen LogP contribution in [0.1, 0.15) is 37.5 Å². The van der Waals surface area contributed by atoms with Crippen molar-refractivity contribution in [3.8, 4) is 5.75 Å². The number of nitrogens with one attached hydrogen (secondary N) is 2. The Morgan fingerprint density at radius 3 is 3.04 bits per heavy atom. The van der Waals surface area contributed by atoms with Crippen LogP contribution in [0.3, 0.4) is 0 Å². The minimum absolute atomic E-state index is 0.0685. The Labute approximate surface area is 152 Å². The van der Waals surface area contributed by atoms with Gasteiger partial charge in [-0.15, -0.1) is 0 Å². The Morgan fingerprint density at radius 1 is 1.46 bits per heavy atom. The molecule has 0 saturated heterocycles. The highest BCUT2D eigenvalue weighted by atomic mass is 19.1. The van der Waals surface area contributed by atoms with E-state index in [0.29, 0.717) is 12.5 Å². The molecule has 1 aliphatic rings. The number of aliphatic imine (C=N–C) groups is 1. The number of hydrogen-bond donors (Lipinski definition) is 2. The predicted octanol–water partition coefficient (Wildman–Crippen LogP) is 2.19. The van der Waals surface area contributed by atoms with Gasteiger partial charge in [0.2, 0.25) is 0 Å². The number of benzene rings is 1. The first-order valence-electron chi connectivity index (χ1n) is 8.86. The Hall–Kier alpha value is -2.64. The molecule has 2 N–H and O–H groups in total. The third kappa shape index (κ3) is 4.30. The Morgan fingerprint density at radius 2 is 2.27 bits per heavy atom. The summed E-state index contributed by atoms with van der Waals surface area (Å²) in [5.74, 6) is 2.27. The molecule has 2 aromatic rings. The number of halogens is 1. The topological polar surface area (TPSA) is 76.4 Å².